The first kappa shape index (κ1) is 16.3. The average Bonchev–Trinajstić information content (AvgIpc) is 2.50. The topological polar surface area (TPSA) is 30.5 Å². The van der Waals surface area contributed by atoms with Gasteiger partial charge in [-0.25, -0.2) is 0 Å². The number of halogens is 2. The minimum absolute atomic E-state index is 0.0118. The van der Waals surface area contributed by atoms with Gasteiger partial charge in [0.15, 0.2) is 0 Å². The van der Waals surface area contributed by atoms with Gasteiger partial charge in [-0.3, -0.25) is 0 Å². The zero-order chi connectivity index (χ0) is 15.4. The van der Waals surface area contributed by atoms with E-state index in [9.17, 15) is 0 Å². The maximum atomic E-state index is 5.58. The molecule has 0 heterocycles. The lowest BCUT2D eigenvalue weighted by molar-refractivity contribution is 0.383. The molecule has 0 aliphatic heterocycles. The molecule has 0 aromatic heterocycles. The van der Waals surface area contributed by atoms with Crippen LogP contribution in [0.25, 0.3) is 0 Å². The van der Waals surface area contributed by atoms with E-state index in [2.05, 4.69) is 43.2 Å². The Hall–Kier alpha value is -1.04. The van der Waals surface area contributed by atoms with Crippen molar-refractivity contribution in [1.29, 1.82) is 0 Å². The number of hydrogen-bond acceptors (Lipinski definition) is 3. The predicted molar refractivity (Wildman–Crippen MR) is 92.3 cm³/mol. The SMILES string of the molecule is CNC(c1ccccc1Br)c1ccc(OC)c(Br)c1OC. The summed E-state index contributed by atoms with van der Waals surface area (Å²) >= 11 is 7.16. The van der Waals surface area contributed by atoms with Gasteiger partial charge >= 0.3 is 0 Å². The number of rotatable bonds is 5. The molecule has 0 saturated heterocycles. The van der Waals surface area contributed by atoms with E-state index in [4.69, 9.17) is 9.47 Å². The Bertz CT molecular complexity index is 632. The van der Waals surface area contributed by atoms with Crippen LogP contribution < -0.4 is 14.8 Å². The Labute approximate surface area is 141 Å². The van der Waals surface area contributed by atoms with E-state index in [1.807, 2.05) is 37.4 Å². The van der Waals surface area contributed by atoms with Gasteiger partial charge in [-0.1, -0.05) is 34.1 Å². The molecule has 0 bridgehead atoms. The lowest BCUT2D eigenvalue weighted by Gasteiger charge is -2.22. The molecule has 1 unspecified atom stereocenters. The van der Waals surface area contributed by atoms with Gasteiger partial charge in [0.1, 0.15) is 16.0 Å². The van der Waals surface area contributed by atoms with Gasteiger partial charge in [-0.2, -0.15) is 0 Å². The predicted octanol–water partition coefficient (Wildman–Crippen LogP) is 4.54. The van der Waals surface area contributed by atoms with Gasteiger partial charge in [-0.15, -0.1) is 0 Å². The molecule has 0 spiro atoms. The van der Waals surface area contributed by atoms with Crippen molar-refractivity contribution in [2.75, 3.05) is 21.3 Å². The summed E-state index contributed by atoms with van der Waals surface area (Å²) < 4.78 is 12.8. The summed E-state index contributed by atoms with van der Waals surface area (Å²) in [6.07, 6.45) is 0. The third-order valence-electron chi connectivity index (χ3n) is 3.33. The first-order valence-electron chi connectivity index (χ1n) is 6.46. The second-order valence-corrected chi connectivity index (χ2v) is 6.09. The van der Waals surface area contributed by atoms with E-state index in [1.165, 1.54) is 0 Å². The van der Waals surface area contributed by atoms with Crippen molar-refractivity contribution in [2.24, 2.45) is 0 Å². The van der Waals surface area contributed by atoms with Crippen LogP contribution in [0.1, 0.15) is 17.2 Å². The van der Waals surface area contributed by atoms with Crippen LogP contribution in [0.3, 0.4) is 0 Å². The summed E-state index contributed by atoms with van der Waals surface area (Å²) in [5.41, 5.74) is 2.19. The van der Waals surface area contributed by atoms with Gasteiger partial charge in [0, 0.05) is 10.0 Å². The second-order valence-electron chi connectivity index (χ2n) is 4.45. The van der Waals surface area contributed by atoms with Crippen LogP contribution in [0.5, 0.6) is 11.5 Å². The number of methoxy groups -OCH3 is 2. The first-order chi connectivity index (χ1) is 10.1. The highest BCUT2D eigenvalue weighted by molar-refractivity contribution is 9.11. The molecule has 1 N–H and O–H groups in total. The number of benzene rings is 2. The van der Waals surface area contributed by atoms with Crippen LogP contribution >= 0.6 is 31.9 Å². The van der Waals surface area contributed by atoms with Crippen molar-refractivity contribution in [3.8, 4) is 11.5 Å². The Morgan fingerprint density at radius 3 is 2.24 bits per heavy atom. The molecule has 0 aliphatic carbocycles. The fourth-order valence-corrected chi connectivity index (χ4v) is 3.53. The fraction of sp³-hybridized carbons (Fsp3) is 0.250. The third-order valence-corrected chi connectivity index (χ3v) is 4.81. The minimum atomic E-state index is 0.0118. The van der Waals surface area contributed by atoms with Crippen molar-refractivity contribution in [2.45, 2.75) is 6.04 Å². The van der Waals surface area contributed by atoms with Gasteiger partial charge in [0.25, 0.3) is 0 Å². The molecule has 1 atom stereocenters. The number of ether oxygens (including phenoxy) is 2. The fourth-order valence-electron chi connectivity index (χ4n) is 2.33. The molecular weight excluding hydrogens is 398 g/mol. The summed E-state index contributed by atoms with van der Waals surface area (Å²) in [6.45, 7) is 0. The van der Waals surface area contributed by atoms with Gasteiger partial charge < -0.3 is 14.8 Å². The molecule has 21 heavy (non-hydrogen) atoms. The highest BCUT2D eigenvalue weighted by Crippen LogP contribution is 2.42. The minimum Gasteiger partial charge on any atom is -0.495 e. The molecule has 112 valence electrons. The Balaban J connectivity index is 2.58. The Kier molecular flexibility index (Phi) is 5.67. The van der Waals surface area contributed by atoms with E-state index < -0.39 is 0 Å². The quantitative estimate of drug-likeness (QED) is 0.779. The molecule has 0 saturated carbocycles. The normalized spacial score (nSPS) is 12.0. The molecule has 3 nitrogen and oxygen atoms in total. The zero-order valence-corrected chi connectivity index (χ0v) is 15.3. The van der Waals surface area contributed by atoms with Crippen molar-refractivity contribution in [3.63, 3.8) is 0 Å². The van der Waals surface area contributed by atoms with Gasteiger partial charge in [0.05, 0.1) is 20.3 Å². The summed E-state index contributed by atoms with van der Waals surface area (Å²) in [5, 5.41) is 3.34. The van der Waals surface area contributed by atoms with Crippen LogP contribution in [0.2, 0.25) is 0 Å². The summed E-state index contributed by atoms with van der Waals surface area (Å²) in [7, 11) is 5.24. The van der Waals surface area contributed by atoms with Crippen LogP contribution in [0.4, 0.5) is 0 Å². The van der Waals surface area contributed by atoms with Crippen molar-refractivity contribution in [3.05, 3.63) is 56.5 Å². The molecule has 5 heteroatoms. The van der Waals surface area contributed by atoms with E-state index >= 15 is 0 Å². The lowest BCUT2D eigenvalue weighted by atomic mass is 9.98. The Morgan fingerprint density at radius 1 is 0.952 bits per heavy atom. The second kappa shape index (κ2) is 7.29. The molecule has 0 radical (unpaired) electrons. The van der Waals surface area contributed by atoms with Gasteiger partial charge in [0.2, 0.25) is 0 Å². The molecule has 0 fully saturated rings. The van der Waals surface area contributed by atoms with E-state index in [1.54, 1.807) is 14.2 Å². The number of hydrogen-bond donors (Lipinski definition) is 1. The largest absolute Gasteiger partial charge is 0.495 e. The highest BCUT2D eigenvalue weighted by atomic mass is 79.9. The summed E-state index contributed by atoms with van der Waals surface area (Å²) in [5.74, 6) is 1.52. The monoisotopic (exact) mass is 413 g/mol. The van der Waals surface area contributed by atoms with Crippen molar-refractivity contribution >= 4 is 31.9 Å². The summed E-state index contributed by atoms with van der Waals surface area (Å²) in [6, 6.07) is 12.1. The molecule has 0 aliphatic rings. The van der Waals surface area contributed by atoms with Crippen molar-refractivity contribution < 1.29 is 9.47 Å². The van der Waals surface area contributed by atoms with Gasteiger partial charge in [-0.05, 0) is 46.7 Å². The van der Waals surface area contributed by atoms with E-state index in [0.717, 1.165) is 31.6 Å². The molecular formula is C16H17Br2NO2. The number of nitrogens with one attached hydrogen (secondary N) is 1. The Morgan fingerprint density at radius 2 is 1.67 bits per heavy atom. The standard InChI is InChI=1S/C16H17Br2NO2/c1-19-15(10-6-4-5-7-12(10)17)11-8-9-13(20-2)14(18)16(11)21-3/h4-9,15,19H,1-3H3. The molecule has 2 rings (SSSR count). The van der Waals surface area contributed by atoms with E-state index in [0.29, 0.717) is 0 Å². The third kappa shape index (κ3) is 3.25. The molecule has 0 amide bonds. The zero-order valence-electron chi connectivity index (χ0n) is 12.1. The van der Waals surface area contributed by atoms with Crippen molar-refractivity contribution in [1.82, 2.24) is 5.32 Å². The van der Waals surface area contributed by atoms with E-state index in [-0.39, 0.29) is 6.04 Å². The lowest BCUT2D eigenvalue weighted by Crippen LogP contribution is -2.19. The smallest absolute Gasteiger partial charge is 0.141 e. The van der Waals surface area contributed by atoms with Crippen LogP contribution in [0.15, 0.2) is 45.3 Å². The average molecular weight is 415 g/mol. The highest BCUT2D eigenvalue weighted by Gasteiger charge is 2.22. The first-order valence-corrected chi connectivity index (χ1v) is 8.04. The maximum absolute atomic E-state index is 5.58. The maximum Gasteiger partial charge on any atom is 0.141 e. The molecule has 2 aromatic rings. The van der Waals surface area contributed by atoms with Crippen LogP contribution in [-0.4, -0.2) is 21.3 Å². The summed E-state index contributed by atoms with van der Waals surface area (Å²) in [4.78, 5) is 0. The van der Waals surface area contributed by atoms with Crippen LogP contribution in [0, 0.1) is 0 Å². The van der Waals surface area contributed by atoms with Crippen LogP contribution in [-0.2, 0) is 0 Å². The molecule has 2 aromatic carbocycles.